The van der Waals surface area contributed by atoms with Crippen LogP contribution in [0.5, 0.6) is 5.75 Å². The molecule has 0 atom stereocenters. The van der Waals surface area contributed by atoms with Gasteiger partial charge < -0.3 is 15.0 Å². The highest BCUT2D eigenvalue weighted by Gasteiger charge is 2.13. The average molecular weight is 517 g/mol. The first kappa shape index (κ1) is 28.4. The van der Waals surface area contributed by atoms with Gasteiger partial charge in [-0.2, -0.15) is 0 Å². The van der Waals surface area contributed by atoms with Gasteiger partial charge in [-0.05, 0) is 50.9 Å². The summed E-state index contributed by atoms with van der Waals surface area (Å²) in [7, 11) is 0.654. The number of sulfone groups is 1. The van der Waals surface area contributed by atoms with Gasteiger partial charge in [-0.1, -0.05) is 61.5 Å². The minimum Gasteiger partial charge on any atom is -0.492 e. The molecule has 188 valence electrons. The van der Waals surface area contributed by atoms with Crippen LogP contribution in [-0.4, -0.2) is 52.2 Å². The molecule has 1 N–H and O–H groups in total. The van der Waals surface area contributed by atoms with Crippen molar-refractivity contribution in [1.29, 1.82) is 0 Å². The summed E-state index contributed by atoms with van der Waals surface area (Å²) in [6.45, 7) is 8.44. The van der Waals surface area contributed by atoms with Gasteiger partial charge in [-0.3, -0.25) is 4.79 Å². The van der Waals surface area contributed by atoms with Crippen molar-refractivity contribution in [3.8, 4) is 16.9 Å². The lowest BCUT2D eigenvalue weighted by Gasteiger charge is -2.15. The number of allylic oxidation sites excluding steroid dienone is 3. The van der Waals surface area contributed by atoms with Crippen molar-refractivity contribution in [2.45, 2.75) is 20.3 Å². The van der Waals surface area contributed by atoms with Crippen LogP contribution in [0.3, 0.4) is 0 Å². The molecule has 2 rings (SSSR count). The molecule has 0 fully saturated rings. The molecule has 0 bridgehead atoms. The molecule has 6 nitrogen and oxygen atoms in total. The third kappa shape index (κ3) is 8.69. The van der Waals surface area contributed by atoms with E-state index in [9.17, 15) is 13.2 Å². The lowest BCUT2D eigenvalue weighted by Crippen LogP contribution is -2.19. The van der Waals surface area contributed by atoms with E-state index in [-0.39, 0.29) is 23.0 Å². The third-order valence-electron chi connectivity index (χ3n) is 5.12. The molecule has 0 heterocycles. The van der Waals surface area contributed by atoms with Gasteiger partial charge in [0.25, 0.3) is 0 Å². The third-order valence-corrected chi connectivity index (χ3v) is 7.28. The molecule has 0 saturated carbocycles. The largest absolute Gasteiger partial charge is 0.492 e. The zero-order valence-corrected chi connectivity index (χ0v) is 22.2. The molecule has 0 aromatic heterocycles. The Labute approximate surface area is 213 Å². The van der Waals surface area contributed by atoms with Crippen molar-refractivity contribution in [1.82, 2.24) is 4.90 Å². The normalized spacial score (nSPS) is 12.2. The second kappa shape index (κ2) is 13.3. The summed E-state index contributed by atoms with van der Waals surface area (Å²) < 4.78 is 30.0. The lowest BCUT2D eigenvalue weighted by molar-refractivity contribution is -0.115. The Hall–Kier alpha value is -2.87. The highest BCUT2D eigenvalue weighted by atomic mass is 35.5. The summed E-state index contributed by atoms with van der Waals surface area (Å²) in [4.78, 5) is 14.7. The maximum atomic E-state index is 12.5. The number of anilines is 1. The van der Waals surface area contributed by atoms with Crippen LogP contribution in [0.1, 0.15) is 20.3 Å². The van der Waals surface area contributed by atoms with Crippen molar-refractivity contribution >= 4 is 33.0 Å². The van der Waals surface area contributed by atoms with E-state index in [4.69, 9.17) is 16.3 Å². The van der Waals surface area contributed by atoms with Crippen molar-refractivity contribution in [3.05, 3.63) is 82.8 Å². The first-order chi connectivity index (χ1) is 16.6. The number of para-hydroxylation sites is 1. The van der Waals surface area contributed by atoms with E-state index >= 15 is 0 Å². The number of rotatable bonds is 12. The van der Waals surface area contributed by atoms with E-state index in [1.807, 2.05) is 49.3 Å². The summed E-state index contributed by atoms with van der Waals surface area (Å²) in [6.07, 6.45) is 4.56. The van der Waals surface area contributed by atoms with Crippen LogP contribution >= 0.6 is 11.6 Å². The summed E-state index contributed by atoms with van der Waals surface area (Å²) in [5.41, 5.74) is 2.71. The Balaban J connectivity index is 2.07. The van der Waals surface area contributed by atoms with Gasteiger partial charge in [0.1, 0.15) is 12.4 Å². The fourth-order valence-electron chi connectivity index (χ4n) is 3.18. The monoisotopic (exact) mass is 516 g/mol. The molecule has 0 unspecified atom stereocenters. The van der Waals surface area contributed by atoms with Crippen molar-refractivity contribution < 1.29 is 17.9 Å². The first-order valence-corrected chi connectivity index (χ1v) is 13.3. The van der Waals surface area contributed by atoms with Crippen LogP contribution in [0.15, 0.2) is 77.7 Å². The number of carbonyl (C=O) groups excluding carboxylic acids is 1. The number of benzene rings is 2. The Morgan fingerprint density at radius 2 is 1.86 bits per heavy atom. The van der Waals surface area contributed by atoms with Crippen molar-refractivity contribution in [2.75, 3.05) is 38.3 Å². The highest BCUT2D eigenvalue weighted by Crippen LogP contribution is 2.36. The molecule has 8 heteroatoms. The summed E-state index contributed by atoms with van der Waals surface area (Å²) in [5.74, 6) is 0.464. The van der Waals surface area contributed by atoms with Gasteiger partial charge in [0.05, 0.1) is 22.1 Å². The van der Waals surface area contributed by atoms with Crippen molar-refractivity contribution in [2.24, 2.45) is 0 Å². The molecule has 0 aliphatic rings. The zero-order chi connectivity index (χ0) is 26.0. The van der Waals surface area contributed by atoms with E-state index in [1.54, 1.807) is 32.1 Å². The Morgan fingerprint density at radius 1 is 1.14 bits per heavy atom. The maximum absolute atomic E-state index is 12.5. The van der Waals surface area contributed by atoms with E-state index in [2.05, 4.69) is 11.9 Å². The zero-order valence-electron chi connectivity index (χ0n) is 20.7. The van der Waals surface area contributed by atoms with Gasteiger partial charge in [0.15, 0.2) is 9.84 Å². The summed E-state index contributed by atoms with van der Waals surface area (Å²) in [5, 5.41) is 3.29. The van der Waals surface area contributed by atoms with Crippen LogP contribution in [0, 0.1) is 0 Å². The van der Waals surface area contributed by atoms with E-state index in [1.165, 1.54) is 12.2 Å². The molecule has 2 aromatic carbocycles. The second-order valence-corrected chi connectivity index (χ2v) is 10.8. The molecular formula is C27H33ClN2O4S. The molecule has 0 saturated heterocycles. The fourth-order valence-corrected chi connectivity index (χ4v) is 4.43. The SMILES string of the molecule is C=C(C=CC(=CC)S(=O)(=O)CC)CC(=O)Nc1ccc(-c2ccccc2OCCN(C)C)c(Cl)c1. The fraction of sp³-hybridized carbons (Fsp3) is 0.296. The predicted molar refractivity (Wildman–Crippen MR) is 146 cm³/mol. The second-order valence-electron chi connectivity index (χ2n) is 8.15. The van der Waals surface area contributed by atoms with E-state index in [0.717, 1.165) is 23.4 Å². The smallest absolute Gasteiger partial charge is 0.228 e. The number of carbonyl (C=O) groups is 1. The van der Waals surface area contributed by atoms with Gasteiger partial charge in [-0.25, -0.2) is 8.42 Å². The molecule has 0 spiro atoms. The standard InChI is InChI=1S/C27H33ClN2O4S/c1-6-22(35(32,33)7-2)14-12-20(3)18-27(31)29-21-13-15-23(25(28)19-21)24-10-8-9-11-26(24)34-17-16-30(4)5/h6,8-15,19H,3,7,16-18H2,1-2,4-5H3,(H,29,31). The molecular weight excluding hydrogens is 484 g/mol. The Bertz CT molecular complexity index is 1220. The maximum Gasteiger partial charge on any atom is 0.228 e. The van der Waals surface area contributed by atoms with Gasteiger partial charge >= 0.3 is 0 Å². The van der Waals surface area contributed by atoms with Gasteiger partial charge in [-0.15, -0.1) is 0 Å². The Kier molecular flexibility index (Phi) is 10.8. The van der Waals surface area contributed by atoms with Crippen LogP contribution in [0.25, 0.3) is 11.1 Å². The van der Waals surface area contributed by atoms with Gasteiger partial charge in [0.2, 0.25) is 5.91 Å². The molecule has 0 aliphatic carbocycles. The lowest BCUT2D eigenvalue weighted by atomic mass is 10.0. The molecule has 0 radical (unpaired) electrons. The van der Waals surface area contributed by atoms with Crippen LogP contribution in [0.2, 0.25) is 5.02 Å². The molecule has 0 aliphatic heterocycles. The number of nitrogens with zero attached hydrogens (tertiary/aromatic N) is 1. The number of nitrogens with one attached hydrogen (secondary N) is 1. The van der Waals surface area contributed by atoms with E-state index in [0.29, 0.717) is 22.9 Å². The number of hydrogen-bond donors (Lipinski definition) is 1. The quantitative estimate of drug-likeness (QED) is 0.365. The number of halogens is 1. The molecule has 35 heavy (non-hydrogen) atoms. The van der Waals surface area contributed by atoms with Crippen LogP contribution in [0.4, 0.5) is 5.69 Å². The minimum absolute atomic E-state index is 0.00736. The summed E-state index contributed by atoms with van der Waals surface area (Å²) in [6, 6.07) is 13.0. The predicted octanol–water partition coefficient (Wildman–Crippen LogP) is 5.73. The number of likely N-dealkylation sites (N-methyl/N-ethyl adjacent to an activating group) is 1. The van der Waals surface area contributed by atoms with Crippen molar-refractivity contribution in [3.63, 3.8) is 0 Å². The number of amides is 1. The topological polar surface area (TPSA) is 75.7 Å². The minimum atomic E-state index is -3.32. The average Bonchev–Trinajstić information content (AvgIpc) is 2.79. The highest BCUT2D eigenvalue weighted by molar-refractivity contribution is 7.95. The van der Waals surface area contributed by atoms with Gasteiger partial charge in [0, 0.05) is 23.4 Å². The van der Waals surface area contributed by atoms with E-state index < -0.39 is 9.84 Å². The van der Waals surface area contributed by atoms with Crippen LogP contribution in [-0.2, 0) is 14.6 Å². The summed E-state index contributed by atoms with van der Waals surface area (Å²) >= 11 is 6.56. The first-order valence-electron chi connectivity index (χ1n) is 11.3. The number of hydrogen-bond acceptors (Lipinski definition) is 5. The Morgan fingerprint density at radius 3 is 2.49 bits per heavy atom. The number of ether oxygens (including phenoxy) is 1. The van der Waals surface area contributed by atoms with Crippen LogP contribution < -0.4 is 10.1 Å². The molecule has 2 aromatic rings. The molecule has 1 amide bonds.